The summed E-state index contributed by atoms with van der Waals surface area (Å²) in [5.74, 6) is -1.63. The SMILES string of the molecule is NCc1c(C(F)F)cc(C(F)(F)F)nc1OC(F)(F)F. The first-order valence-corrected chi connectivity index (χ1v) is 4.80. The molecule has 0 unspecified atom stereocenters. The minimum absolute atomic E-state index is 0.0594. The third-order valence-electron chi connectivity index (χ3n) is 2.06. The summed E-state index contributed by atoms with van der Waals surface area (Å²) in [7, 11) is 0. The lowest BCUT2D eigenvalue weighted by atomic mass is 10.1. The molecule has 0 spiro atoms. The van der Waals surface area contributed by atoms with Crippen molar-refractivity contribution in [2.75, 3.05) is 0 Å². The van der Waals surface area contributed by atoms with Crippen LogP contribution in [0.4, 0.5) is 35.1 Å². The highest BCUT2D eigenvalue weighted by Crippen LogP contribution is 2.37. The van der Waals surface area contributed by atoms with Gasteiger partial charge in [0, 0.05) is 17.7 Å². The molecule has 1 aromatic heterocycles. The van der Waals surface area contributed by atoms with Crippen LogP contribution in [0.2, 0.25) is 0 Å². The van der Waals surface area contributed by atoms with Crippen LogP contribution in [0, 0.1) is 0 Å². The van der Waals surface area contributed by atoms with Gasteiger partial charge in [0.2, 0.25) is 5.88 Å². The molecular formula is C9H6F8N2O. The molecule has 0 saturated carbocycles. The van der Waals surface area contributed by atoms with E-state index in [0.29, 0.717) is 0 Å². The van der Waals surface area contributed by atoms with Crippen molar-refractivity contribution in [3.8, 4) is 5.88 Å². The molecule has 0 fully saturated rings. The molecule has 0 aliphatic rings. The van der Waals surface area contributed by atoms with Gasteiger partial charge in [0.05, 0.1) is 0 Å². The zero-order chi connectivity index (χ0) is 15.7. The van der Waals surface area contributed by atoms with Gasteiger partial charge in [0.25, 0.3) is 6.43 Å². The molecule has 1 rings (SSSR count). The zero-order valence-electron chi connectivity index (χ0n) is 9.32. The van der Waals surface area contributed by atoms with Gasteiger partial charge >= 0.3 is 12.5 Å². The molecule has 1 heterocycles. The Bertz CT molecular complexity index is 482. The van der Waals surface area contributed by atoms with Crippen LogP contribution in [0.5, 0.6) is 5.88 Å². The summed E-state index contributed by atoms with van der Waals surface area (Å²) in [4.78, 5) is 2.56. The molecular weight excluding hydrogens is 304 g/mol. The van der Waals surface area contributed by atoms with Crippen molar-refractivity contribution in [3.05, 3.63) is 22.9 Å². The highest BCUT2D eigenvalue weighted by atomic mass is 19.4. The number of alkyl halides is 8. The molecule has 0 bridgehead atoms. The van der Waals surface area contributed by atoms with Gasteiger partial charge in [-0.15, -0.1) is 13.2 Å². The number of ether oxygens (including phenoxy) is 1. The molecule has 1 aromatic rings. The third kappa shape index (κ3) is 3.92. The lowest BCUT2D eigenvalue weighted by Crippen LogP contribution is -2.22. The molecule has 114 valence electrons. The first kappa shape index (κ1) is 16.4. The van der Waals surface area contributed by atoms with E-state index in [0.717, 1.165) is 0 Å². The Hall–Kier alpha value is -1.65. The molecule has 20 heavy (non-hydrogen) atoms. The molecule has 2 N–H and O–H groups in total. The Morgan fingerprint density at radius 1 is 1.15 bits per heavy atom. The molecule has 0 amide bonds. The Morgan fingerprint density at radius 3 is 2.05 bits per heavy atom. The van der Waals surface area contributed by atoms with E-state index in [1.807, 2.05) is 0 Å². The van der Waals surface area contributed by atoms with Crippen LogP contribution in [0.15, 0.2) is 6.07 Å². The second kappa shape index (κ2) is 5.38. The van der Waals surface area contributed by atoms with E-state index in [-0.39, 0.29) is 6.07 Å². The zero-order valence-corrected chi connectivity index (χ0v) is 9.32. The van der Waals surface area contributed by atoms with E-state index >= 15 is 0 Å². The second-order valence-corrected chi connectivity index (χ2v) is 3.43. The van der Waals surface area contributed by atoms with E-state index in [2.05, 4.69) is 9.72 Å². The van der Waals surface area contributed by atoms with E-state index < -0.39 is 48.2 Å². The number of hydrogen-bond donors (Lipinski definition) is 1. The van der Waals surface area contributed by atoms with Crippen LogP contribution in [-0.2, 0) is 12.7 Å². The van der Waals surface area contributed by atoms with Gasteiger partial charge in [-0.3, -0.25) is 0 Å². The summed E-state index contributed by atoms with van der Waals surface area (Å²) in [6.45, 7) is -0.893. The normalized spacial score (nSPS) is 12.9. The molecule has 0 aliphatic heterocycles. The fourth-order valence-corrected chi connectivity index (χ4v) is 1.31. The van der Waals surface area contributed by atoms with E-state index in [4.69, 9.17) is 5.73 Å². The standard InChI is InChI=1S/C9H6F8N2O/c10-6(11)3-1-5(8(12,13)14)19-7(4(3)2-18)20-9(15,16)17/h1,6H,2,18H2. The van der Waals surface area contributed by atoms with Crippen molar-refractivity contribution in [2.24, 2.45) is 5.73 Å². The minimum Gasteiger partial charge on any atom is -0.388 e. The number of pyridine rings is 1. The number of aromatic nitrogens is 1. The quantitative estimate of drug-likeness (QED) is 0.871. The van der Waals surface area contributed by atoms with E-state index in [1.165, 1.54) is 0 Å². The van der Waals surface area contributed by atoms with Crippen molar-refractivity contribution in [3.63, 3.8) is 0 Å². The van der Waals surface area contributed by atoms with Gasteiger partial charge in [-0.05, 0) is 6.07 Å². The van der Waals surface area contributed by atoms with Crippen LogP contribution in [0.25, 0.3) is 0 Å². The van der Waals surface area contributed by atoms with Crippen LogP contribution < -0.4 is 10.5 Å². The minimum atomic E-state index is -5.39. The molecule has 0 aliphatic carbocycles. The van der Waals surface area contributed by atoms with Crippen molar-refractivity contribution in [1.82, 2.24) is 4.98 Å². The van der Waals surface area contributed by atoms with Gasteiger partial charge in [-0.1, -0.05) is 0 Å². The van der Waals surface area contributed by atoms with Crippen LogP contribution in [0.3, 0.4) is 0 Å². The van der Waals surface area contributed by atoms with Crippen LogP contribution in [0.1, 0.15) is 23.2 Å². The second-order valence-electron chi connectivity index (χ2n) is 3.43. The number of nitrogens with two attached hydrogens (primary N) is 1. The van der Waals surface area contributed by atoms with Crippen LogP contribution in [-0.4, -0.2) is 11.3 Å². The first-order valence-electron chi connectivity index (χ1n) is 4.80. The predicted octanol–water partition coefficient (Wildman–Crippen LogP) is 3.40. The summed E-state index contributed by atoms with van der Waals surface area (Å²) in [6, 6.07) is -0.0594. The molecule has 0 radical (unpaired) electrons. The van der Waals surface area contributed by atoms with Gasteiger partial charge in [-0.25, -0.2) is 13.8 Å². The molecule has 0 aromatic carbocycles. The monoisotopic (exact) mass is 310 g/mol. The third-order valence-corrected chi connectivity index (χ3v) is 2.06. The number of rotatable bonds is 3. The van der Waals surface area contributed by atoms with Crippen molar-refractivity contribution in [1.29, 1.82) is 0 Å². The van der Waals surface area contributed by atoms with E-state index in [9.17, 15) is 35.1 Å². The molecule has 0 saturated heterocycles. The summed E-state index contributed by atoms with van der Waals surface area (Å²) >= 11 is 0. The van der Waals surface area contributed by atoms with E-state index in [1.54, 1.807) is 0 Å². The lowest BCUT2D eigenvalue weighted by Gasteiger charge is -2.17. The highest BCUT2D eigenvalue weighted by Gasteiger charge is 2.38. The first-order chi connectivity index (χ1) is 8.95. The van der Waals surface area contributed by atoms with Crippen molar-refractivity contribution in [2.45, 2.75) is 25.5 Å². The lowest BCUT2D eigenvalue weighted by molar-refractivity contribution is -0.276. The molecule has 3 nitrogen and oxygen atoms in total. The topological polar surface area (TPSA) is 48.1 Å². The largest absolute Gasteiger partial charge is 0.574 e. The summed E-state index contributed by atoms with van der Waals surface area (Å²) in [5.41, 5.74) is 0.788. The Balaban J connectivity index is 3.49. The van der Waals surface area contributed by atoms with Gasteiger partial charge in [0.1, 0.15) is 5.69 Å². The maximum absolute atomic E-state index is 12.6. The van der Waals surface area contributed by atoms with Gasteiger partial charge in [-0.2, -0.15) is 13.2 Å². The summed E-state index contributed by atoms with van der Waals surface area (Å²) in [5, 5.41) is 0. The fraction of sp³-hybridized carbons (Fsp3) is 0.444. The van der Waals surface area contributed by atoms with Crippen molar-refractivity contribution < 1.29 is 39.9 Å². The average Bonchev–Trinajstić information content (AvgIpc) is 2.24. The Kier molecular flexibility index (Phi) is 4.42. The Morgan fingerprint density at radius 2 is 1.70 bits per heavy atom. The maximum Gasteiger partial charge on any atom is 0.574 e. The average molecular weight is 310 g/mol. The fourth-order valence-electron chi connectivity index (χ4n) is 1.31. The maximum atomic E-state index is 12.6. The molecule has 11 heteroatoms. The summed E-state index contributed by atoms with van der Waals surface area (Å²) in [6.07, 6.45) is -14.1. The number of hydrogen-bond acceptors (Lipinski definition) is 3. The number of nitrogens with zero attached hydrogens (tertiary/aromatic N) is 1. The molecule has 0 atom stereocenters. The van der Waals surface area contributed by atoms with Crippen molar-refractivity contribution >= 4 is 0 Å². The number of halogens is 8. The summed E-state index contributed by atoms with van der Waals surface area (Å²) < 4.78 is 102. The van der Waals surface area contributed by atoms with Crippen LogP contribution >= 0.6 is 0 Å². The Labute approximate surface area is 106 Å². The van der Waals surface area contributed by atoms with Gasteiger partial charge < -0.3 is 10.5 Å². The smallest absolute Gasteiger partial charge is 0.388 e. The highest BCUT2D eigenvalue weighted by molar-refractivity contribution is 5.38. The predicted molar refractivity (Wildman–Crippen MR) is 48.8 cm³/mol. The van der Waals surface area contributed by atoms with Gasteiger partial charge in [0.15, 0.2) is 0 Å².